The number of benzene rings is 1. The number of imide groups is 1. The number of amides is 2. The molecule has 1 aromatic rings. The molecule has 1 aliphatic heterocycles. The number of para-hydroxylation sites is 1. The van der Waals surface area contributed by atoms with Gasteiger partial charge in [-0.1, -0.05) is 32.0 Å². The van der Waals surface area contributed by atoms with Gasteiger partial charge in [-0.15, -0.1) is 0 Å². The summed E-state index contributed by atoms with van der Waals surface area (Å²) in [5.41, 5.74) is 0.733. The molecule has 0 spiro atoms. The van der Waals surface area contributed by atoms with Crippen molar-refractivity contribution < 1.29 is 9.59 Å². The normalized spacial score (nSPS) is 42.4. The van der Waals surface area contributed by atoms with Gasteiger partial charge < -0.3 is 0 Å². The molecule has 3 heteroatoms. The summed E-state index contributed by atoms with van der Waals surface area (Å²) in [5.74, 6) is 1.91. The summed E-state index contributed by atoms with van der Waals surface area (Å²) < 4.78 is 0. The molecule has 2 amide bonds. The number of fused-ring (bicyclic) bond motifs is 5. The first kappa shape index (κ1) is 12.1. The van der Waals surface area contributed by atoms with E-state index in [1.165, 1.54) is 4.90 Å². The number of carbonyl (C=O) groups is 2. The van der Waals surface area contributed by atoms with Crippen molar-refractivity contribution in [3.05, 3.63) is 30.3 Å². The third kappa shape index (κ3) is 1.31. The Morgan fingerprint density at radius 2 is 1.40 bits per heavy atom. The van der Waals surface area contributed by atoms with Crippen molar-refractivity contribution in [1.29, 1.82) is 0 Å². The third-order valence-corrected chi connectivity index (χ3v) is 6.06. The minimum absolute atomic E-state index is 0.0393. The maximum atomic E-state index is 12.7. The van der Waals surface area contributed by atoms with Gasteiger partial charge in [0.2, 0.25) is 11.8 Å². The van der Waals surface area contributed by atoms with Crippen molar-refractivity contribution >= 4 is 17.5 Å². The highest BCUT2D eigenvalue weighted by Crippen LogP contribution is 2.61. The predicted molar refractivity (Wildman–Crippen MR) is 75.8 cm³/mol. The van der Waals surface area contributed by atoms with Crippen molar-refractivity contribution in [3.8, 4) is 0 Å². The van der Waals surface area contributed by atoms with Crippen LogP contribution in [0.4, 0.5) is 5.69 Å². The Morgan fingerprint density at radius 3 is 1.90 bits per heavy atom. The van der Waals surface area contributed by atoms with E-state index in [0.717, 1.165) is 12.1 Å². The number of nitrogens with zero attached hydrogens (tertiary/aromatic N) is 1. The van der Waals surface area contributed by atoms with Crippen molar-refractivity contribution in [1.82, 2.24) is 0 Å². The van der Waals surface area contributed by atoms with E-state index < -0.39 is 0 Å². The summed E-state index contributed by atoms with van der Waals surface area (Å²) in [6.45, 7) is 4.49. The molecule has 104 valence electrons. The average molecular weight is 269 g/mol. The van der Waals surface area contributed by atoms with Gasteiger partial charge in [-0.25, -0.2) is 0 Å². The highest BCUT2D eigenvalue weighted by molar-refractivity contribution is 6.22. The van der Waals surface area contributed by atoms with Gasteiger partial charge in [-0.2, -0.15) is 0 Å². The summed E-state index contributed by atoms with van der Waals surface area (Å²) in [7, 11) is 0. The Hall–Kier alpha value is -1.64. The Bertz CT molecular complexity index is 550. The fourth-order valence-electron chi connectivity index (χ4n) is 4.92. The van der Waals surface area contributed by atoms with Crippen LogP contribution in [-0.4, -0.2) is 11.8 Å². The fourth-order valence-corrected chi connectivity index (χ4v) is 4.92. The first-order chi connectivity index (χ1) is 9.61. The largest absolute Gasteiger partial charge is 0.274 e. The maximum absolute atomic E-state index is 12.7. The van der Waals surface area contributed by atoms with E-state index in [-0.39, 0.29) is 23.7 Å². The molecular formula is C17H19NO2. The molecule has 3 aliphatic rings. The fraction of sp³-hybridized carbons (Fsp3) is 0.529. The quantitative estimate of drug-likeness (QED) is 0.735. The van der Waals surface area contributed by atoms with E-state index in [1.54, 1.807) is 0 Å². The van der Waals surface area contributed by atoms with Crippen molar-refractivity contribution in [2.45, 2.75) is 20.3 Å². The molecule has 20 heavy (non-hydrogen) atoms. The van der Waals surface area contributed by atoms with Crippen LogP contribution in [0.1, 0.15) is 20.3 Å². The van der Waals surface area contributed by atoms with Crippen LogP contribution in [0.25, 0.3) is 0 Å². The molecule has 2 bridgehead atoms. The van der Waals surface area contributed by atoms with Gasteiger partial charge in [0.15, 0.2) is 0 Å². The smallest absolute Gasteiger partial charge is 0.237 e. The summed E-state index contributed by atoms with van der Waals surface area (Å²) in [6, 6.07) is 9.37. The summed E-state index contributed by atoms with van der Waals surface area (Å²) in [4.78, 5) is 26.9. The molecule has 2 saturated carbocycles. The summed E-state index contributed by atoms with van der Waals surface area (Å²) in [5, 5.41) is 0. The van der Waals surface area contributed by atoms with E-state index in [9.17, 15) is 9.59 Å². The van der Waals surface area contributed by atoms with E-state index in [2.05, 4.69) is 13.8 Å². The van der Waals surface area contributed by atoms with Gasteiger partial charge in [0.05, 0.1) is 17.5 Å². The van der Waals surface area contributed by atoms with Gasteiger partial charge in [0.1, 0.15) is 0 Å². The van der Waals surface area contributed by atoms with Crippen LogP contribution in [0.3, 0.4) is 0 Å². The molecule has 0 aromatic heterocycles. The zero-order valence-electron chi connectivity index (χ0n) is 11.8. The molecule has 3 fully saturated rings. The molecule has 1 heterocycles. The highest BCUT2D eigenvalue weighted by atomic mass is 16.2. The Labute approximate surface area is 119 Å². The van der Waals surface area contributed by atoms with Crippen molar-refractivity contribution in [3.63, 3.8) is 0 Å². The van der Waals surface area contributed by atoms with Gasteiger partial charge >= 0.3 is 0 Å². The maximum Gasteiger partial charge on any atom is 0.237 e. The zero-order valence-corrected chi connectivity index (χ0v) is 11.8. The van der Waals surface area contributed by atoms with Crippen LogP contribution in [0, 0.1) is 35.5 Å². The molecule has 3 nitrogen and oxygen atoms in total. The highest BCUT2D eigenvalue weighted by Gasteiger charge is 2.65. The zero-order chi connectivity index (χ0) is 14.0. The minimum atomic E-state index is -0.0566. The van der Waals surface area contributed by atoms with Gasteiger partial charge in [-0.05, 0) is 42.2 Å². The molecule has 1 aromatic carbocycles. The molecule has 6 unspecified atom stereocenters. The summed E-state index contributed by atoms with van der Waals surface area (Å²) in [6.07, 6.45) is 1.07. The van der Waals surface area contributed by atoms with Gasteiger partial charge in [0.25, 0.3) is 0 Å². The van der Waals surface area contributed by atoms with Crippen LogP contribution in [0.5, 0.6) is 0 Å². The number of carbonyl (C=O) groups excluding carboxylic acids is 2. The number of hydrogen-bond donors (Lipinski definition) is 0. The predicted octanol–water partition coefficient (Wildman–Crippen LogP) is 2.71. The molecule has 4 rings (SSSR count). The third-order valence-electron chi connectivity index (χ3n) is 6.06. The van der Waals surface area contributed by atoms with Crippen LogP contribution in [0.15, 0.2) is 30.3 Å². The molecular weight excluding hydrogens is 250 g/mol. The van der Waals surface area contributed by atoms with E-state index in [4.69, 9.17) is 0 Å². The van der Waals surface area contributed by atoms with Crippen LogP contribution in [0.2, 0.25) is 0 Å². The number of hydrogen-bond acceptors (Lipinski definition) is 2. The second-order valence-corrected chi connectivity index (χ2v) is 6.68. The van der Waals surface area contributed by atoms with Crippen molar-refractivity contribution in [2.24, 2.45) is 35.5 Å². The Morgan fingerprint density at radius 1 is 0.900 bits per heavy atom. The van der Waals surface area contributed by atoms with Gasteiger partial charge in [0, 0.05) is 0 Å². The molecule has 0 radical (unpaired) electrons. The second-order valence-electron chi connectivity index (χ2n) is 6.68. The second kappa shape index (κ2) is 3.94. The first-order valence-corrected chi connectivity index (χ1v) is 7.54. The SMILES string of the molecule is CC1C(C)C2CC1C1C(=O)N(c3ccccc3)C(=O)C21. The molecule has 2 aliphatic carbocycles. The monoisotopic (exact) mass is 269 g/mol. The van der Waals surface area contributed by atoms with Crippen LogP contribution < -0.4 is 4.90 Å². The minimum Gasteiger partial charge on any atom is -0.274 e. The van der Waals surface area contributed by atoms with Gasteiger partial charge in [-0.3, -0.25) is 14.5 Å². The first-order valence-electron chi connectivity index (χ1n) is 7.54. The summed E-state index contributed by atoms with van der Waals surface area (Å²) >= 11 is 0. The standard InChI is InChI=1S/C17H19NO2/c1-9-10(2)13-8-12(9)14-15(13)17(20)18(16(14)19)11-6-4-3-5-7-11/h3-7,9-10,12-15H,8H2,1-2H3. The van der Waals surface area contributed by atoms with E-state index >= 15 is 0 Å². The lowest BCUT2D eigenvalue weighted by atomic mass is 9.70. The topological polar surface area (TPSA) is 37.4 Å². The Kier molecular flexibility index (Phi) is 2.39. The lowest BCUT2D eigenvalue weighted by Gasteiger charge is -2.31. The average Bonchev–Trinajstić information content (AvgIpc) is 3.05. The lowest BCUT2D eigenvalue weighted by molar-refractivity contribution is -0.123. The lowest BCUT2D eigenvalue weighted by Crippen LogP contribution is -2.34. The molecule has 6 atom stereocenters. The van der Waals surface area contributed by atoms with E-state index in [0.29, 0.717) is 23.7 Å². The number of anilines is 1. The number of rotatable bonds is 1. The van der Waals surface area contributed by atoms with Crippen molar-refractivity contribution in [2.75, 3.05) is 4.90 Å². The molecule has 0 N–H and O–H groups in total. The molecule has 1 saturated heterocycles. The Balaban J connectivity index is 1.75. The van der Waals surface area contributed by atoms with Crippen LogP contribution >= 0.6 is 0 Å². The van der Waals surface area contributed by atoms with E-state index in [1.807, 2.05) is 30.3 Å². The van der Waals surface area contributed by atoms with Crippen LogP contribution in [-0.2, 0) is 9.59 Å².